The number of likely N-dealkylation sites (tertiary alicyclic amines) is 1. The lowest BCUT2D eigenvalue weighted by atomic mass is 9.95. The van der Waals surface area contributed by atoms with Gasteiger partial charge in [-0.2, -0.15) is 4.98 Å². The number of benzene rings is 1. The van der Waals surface area contributed by atoms with Crippen molar-refractivity contribution in [1.29, 1.82) is 0 Å². The average Bonchev–Trinajstić information content (AvgIpc) is 3.56. The van der Waals surface area contributed by atoms with Crippen molar-refractivity contribution in [2.45, 2.75) is 89.1 Å². The van der Waals surface area contributed by atoms with Gasteiger partial charge in [-0.1, -0.05) is 36.6 Å². The van der Waals surface area contributed by atoms with E-state index in [2.05, 4.69) is 36.9 Å². The molecule has 3 heterocycles. The second kappa shape index (κ2) is 18.6. The topological polar surface area (TPSA) is 194 Å². The van der Waals surface area contributed by atoms with E-state index in [0.717, 1.165) is 54.8 Å². The molecule has 0 radical (unpaired) electrons. The molecule has 3 aromatic rings. The lowest BCUT2D eigenvalue weighted by Gasteiger charge is -2.33. The van der Waals surface area contributed by atoms with Crippen LogP contribution in [0.2, 0.25) is 0 Å². The van der Waals surface area contributed by atoms with Gasteiger partial charge in [0.15, 0.2) is 0 Å². The molecule has 15 heteroatoms. The Hall–Kier alpha value is -3.92. The van der Waals surface area contributed by atoms with Gasteiger partial charge in [0.25, 0.3) is 0 Å². The Morgan fingerprint density at radius 1 is 0.958 bits per heavy atom. The van der Waals surface area contributed by atoms with E-state index in [0.29, 0.717) is 51.3 Å². The van der Waals surface area contributed by atoms with Crippen molar-refractivity contribution >= 4 is 34.5 Å². The number of carboxylic acid groups (broad SMARTS) is 1. The summed E-state index contributed by atoms with van der Waals surface area (Å²) < 4.78 is 1.83. The summed E-state index contributed by atoms with van der Waals surface area (Å²) in [6, 6.07) is 8.59. The molecule has 1 aromatic carbocycles. The van der Waals surface area contributed by atoms with Gasteiger partial charge in [-0.3, -0.25) is 14.3 Å². The lowest BCUT2D eigenvalue weighted by Crippen LogP contribution is -2.43. The number of carbonyl (C=O) groups excluding carboxylic acids is 1. The average molecular weight is 666 g/mol. The van der Waals surface area contributed by atoms with Gasteiger partial charge in [-0.05, 0) is 50.8 Å². The molecule has 1 unspecified atom stereocenters. The van der Waals surface area contributed by atoms with Crippen LogP contribution in [0.25, 0.3) is 10.9 Å². The van der Waals surface area contributed by atoms with Crippen LogP contribution in [0.5, 0.6) is 0 Å². The Morgan fingerprint density at radius 2 is 1.77 bits per heavy atom. The van der Waals surface area contributed by atoms with E-state index >= 15 is 0 Å². The maximum atomic E-state index is 12.5. The third-order valence-electron chi connectivity index (χ3n) is 8.97. The second-order valence-electron chi connectivity index (χ2n) is 12.8. The van der Waals surface area contributed by atoms with Gasteiger partial charge in [0, 0.05) is 63.2 Å². The van der Waals surface area contributed by atoms with E-state index in [1.165, 1.54) is 32.1 Å². The first kappa shape index (κ1) is 35.4. The monoisotopic (exact) mass is 665 g/mol. The van der Waals surface area contributed by atoms with Crippen molar-refractivity contribution in [3.8, 4) is 0 Å². The molecule has 7 N–H and O–H groups in total. The van der Waals surface area contributed by atoms with Crippen LogP contribution in [0.15, 0.2) is 30.5 Å². The van der Waals surface area contributed by atoms with Crippen LogP contribution in [0.4, 0.5) is 11.8 Å². The highest BCUT2D eigenvalue weighted by Gasteiger charge is 2.23. The van der Waals surface area contributed by atoms with Crippen molar-refractivity contribution in [1.82, 2.24) is 45.8 Å². The third kappa shape index (κ3) is 11.4. The number of nitrogens with zero attached hydrogens (tertiary/aromatic N) is 6. The number of fused-ring (bicyclic) bond motifs is 1. The fourth-order valence-corrected chi connectivity index (χ4v) is 6.30. The molecule has 5 rings (SSSR count). The number of para-hydroxylation sites is 1. The standard InChI is InChI=1S/C33H51N11O4/c45-27(21-36-24-7-2-1-3-8-24)20-34-14-6-16-44-23-26(41-42-44)19-37-33-39-29-10-5-4-9-28(29)32(40-33)38-25-12-17-43(18-13-25)30(46)11-15-35-22-31(47)48/h4-5,9-10,23-25,27,34-36,45H,1-3,6-8,11-22H2,(H,47,48)(H2,37,38,39,40). The van der Waals surface area contributed by atoms with Gasteiger partial charge in [0.1, 0.15) is 11.5 Å². The molecule has 262 valence electrons. The summed E-state index contributed by atoms with van der Waals surface area (Å²) in [5, 5.41) is 45.0. The number of nitrogens with one attached hydrogen (secondary N) is 5. The highest BCUT2D eigenvalue weighted by atomic mass is 16.4. The van der Waals surface area contributed by atoms with Gasteiger partial charge >= 0.3 is 5.97 Å². The number of aliphatic carboxylic acids is 1. The lowest BCUT2D eigenvalue weighted by molar-refractivity contribution is -0.136. The Labute approximate surface area is 281 Å². The zero-order valence-corrected chi connectivity index (χ0v) is 27.7. The maximum Gasteiger partial charge on any atom is 0.317 e. The van der Waals surface area contributed by atoms with Crippen LogP contribution in [-0.4, -0.2) is 116 Å². The largest absolute Gasteiger partial charge is 0.480 e. The van der Waals surface area contributed by atoms with Gasteiger partial charge in [0.2, 0.25) is 11.9 Å². The molecule has 1 aliphatic carbocycles. The number of aromatic nitrogens is 5. The Bertz CT molecular complexity index is 1440. The first-order valence-corrected chi connectivity index (χ1v) is 17.4. The fourth-order valence-electron chi connectivity index (χ4n) is 6.30. The van der Waals surface area contributed by atoms with Gasteiger partial charge in [0.05, 0.1) is 30.9 Å². The zero-order chi connectivity index (χ0) is 33.6. The van der Waals surface area contributed by atoms with E-state index in [9.17, 15) is 14.7 Å². The minimum absolute atomic E-state index is 0.0340. The second-order valence-corrected chi connectivity index (χ2v) is 12.8. The number of aliphatic hydroxyl groups excluding tert-OH is 1. The molecule has 48 heavy (non-hydrogen) atoms. The van der Waals surface area contributed by atoms with Gasteiger partial charge in [-0.25, -0.2) is 4.98 Å². The van der Waals surface area contributed by atoms with Crippen molar-refractivity contribution in [2.75, 3.05) is 56.4 Å². The minimum Gasteiger partial charge on any atom is -0.480 e. The predicted octanol–water partition coefficient (Wildman–Crippen LogP) is 1.56. The molecular weight excluding hydrogens is 614 g/mol. The number of amides is 1. The smallest absolute Gasteiger partial charge is 0.317 e. The van der Waals surface area contributed by atoms with E-state index in [1.54, 1.807) is 0 Å². The third-order valence-corrected chi connectivity index (χ3v) is 8.97. The van der Waals surface area contributed by atoms with E-state index < -0.39 is 5.97 Å². The van der Waals surface area contributed by atoms with Crippen molar-refractivity contribution < 1.29 is 19.8 Å². The first-order chi connectivity index (χ1) is 23.4. The molecule has 1 amide bonds. The molecule has 1 saturated heterocycles. The van der Waals surface area contributed by atoms with Crippen molar-refractivity contribution in [3.05, 3.63) is 36.2 Å². The van der Waals surface area contributed by atoms with E-state index in [-0.39, 0.29) is 31.0 Å². The summed E-state index contributed by atoms with van der Waals surface area (Å²) in [4.78, 5) is 34.6. The summed E-state index contributed by atoms with van der Waals surface area (Å²) >= 11 is 0. The van der Waals surface area contributed by atoms with Crippen molar-refractivity contribution in [2.24, 2.45) is 0 Å². The van der Waals surface area contributed by atoms with Crippen LogP contribution < -0.4 is 26.6 Å². The normalized spacial score (nSPS) is 16.6. The number of anilines is 2. The molecule has 2 aromatic heterocycles. The van der Waals surface area contributed by atoms with Crippen molar-refractivity contribution in [3.63, 3.8) is 0 Å². The molecule has 15 nitrogen and oxygen atoms in total. The van der Waals surface area contributed by atoms with Crippen LogP contribution in [0.1, 0.15) is 63.5 Å². The van der Waals surface area contributed by atoms with Crippen LogP contribution in [0, 0.1) is 0 Å². The number of carboxylic acids is 1. The molecule has 1 saturated carbocycles. The number of rotatable bonds is 19. The molecule has 2 fully saturated rings. The maximum absolute atomic E-state index is 12.5. The van der Waals surface area contributed by atoms with Crippen LogP contribution in [-0.2, 0) is 22.7 Å². The Morgan fingerprint density at radius 3 is 2.58 bits per heavy atom. The zero-order valence-electron chi connectivity index (χ0n) is 27.7. The Balaban J connectivity index is 1.03. The molecule has 1 aliphatic heterocycles. The SMILES string of the molecule is O=C(O)CNCCC(=O)N1CCC(Nc2nc(NCc3cn(CCCNCC(O)CNC4CCCCC4)nn3)nc3ccccc23)CC1. The summed E-state index contributed by atoms with van der Waals surface area (Å²) in [6.45, 7) is 4.62. The van der Waals surface area contributed by atoms with Gasteiger partial charge < -0.3 is 41.7 Å². The number of hydrogen-bond donors (Lipinski definition) is 7. The Kier molecular flexibility index (Phi) is 13.7. The summed E-state index contributed by atoms with van der Waals surface area (Å²) in [7, 11) is 0. The van der Waals surface area contributed by atoms with E-state index in [4.69, 9.17) is 15.1 Å². The minimum atomic E-state index is -0.932. The summed E-state index contributed by atoms with van der Waals surface area (Å²) in [5.74, 6) is 0.343. The first-order valence-electron chi connectivity index (χ1n) is 17.4. The number of piperidine rings is 1. The number of hydrogen-bond acceptors (Lipinski definition) is 12. The highest BCUT2D eigenvalue weighted by Crippen LogP contribution is 2.25. The molecule has 0 bridgehead atoms. The fraction of sp³-hybridized carbons (Fsp3) is 0.636. The molecule has 0 spiro atoms. The predicted molar refractivity (Wildman–Crippen MR) is 184 cm³/mol. The van der Waals surface area contributed by atoms with Gasteiger partial charge in [-0.15, -0.1) is 5.10 Å². The van der Waals surface area contributed by atoms with Crippen LogP contribution in [0.3, 0.4) is 0 Å². The molecule has 2 aliphatic rings. The summed E-state index contributed by atoms with van der Waals surface area (Å²) in [5.41, 5.74) is 1.61. The van der Waals surface area contributed by atoms with Crippen LogP contribution >= 0.6 is 0 Å². The number of aryl methyl sites for hydroxylation is 1. The molecular formula is C33H51N11O4. The summed E-state index contributed by atoms with van der Waals surface area (Å²) in [6.07, 6.45) is 10.6. The van der Waals surface area contributed by atoms with E-state index in [1.807, 2.05) is 40.0 Å². The number of carbonyl (C=O) groups is 2. The molecule has 1 atom stereocenters. The number of aliphatic hydroxyl groups is 1. The highest BCUT2D eigenvalue weighted by molar-refractivity contribution is 5.90. The quantitative estimate of drug-likeness (QED) is 0.0913.